The number of carbonyl (C=O) groups excluding carboxylic acids is 1. The van der Waals surface area contributed by atoms with Gasteiger partial charge >= 0.3 is 0 Å². The zero-order chi connectivity index (χ0) is 10.6. The minimum Gasteiger partial charge on any atom is -0.353 e. The van der Waals surface area contributed by atoms with Gasteiger partial charge in [-0.3, -0.25) is 4.79 Å². The second-order valence-electron chi connectivity index (χ2n) is 4.38. The highest BCUT2D eigenvalue weighted by atomic mass is 35.5. The molecule has 1 aliphatic carbocycles. The number of carbonyl (C=O) groups is 1. The molecule has 1 rings (SSSR count). The van der Waals surface area contributed by atoms with E-state index in [1.165, 1.54) is 12.8 Å². The molecule has 0 aromatic carbocycles. The van der Waals surface area contributed by atoms with E-state index in [0.29, 0.717) is 24.3 Å². The Kier molecular flexibility index (Phi) is 4.73. The van der Waals surface area contributed by atoms with Crippen LogP contribution in [0.25, 0.3) is 0 Å². The predicted molar refractivity (Wildman–Crippen MR) is 59.4 cm³/mol. The molecule has 0 heterocycles. The molecule has 1 N–H and O–H groups in total. The van der Waals surface area contributed by atoms with E-state index in [1.807, 2.05) is 0 Å². The van der Waals surface area contributed by atoms with E-state index in [9.17, 15) is 4.79 Å². The molecule has 14 heavy (non-hydrogen) atoms. The first kappa shape index (κ1) is 11.8. The molecule has 0 spiro atoms. The first-order valence-electron chi connectivity index (χ1n) is 5.50. The van der Waals surface area contributed by atoms with Gasteiger partial charge in [-0.25, -0.2) is 0 Å². The number of hydrogen-bond donors (Lipinski definition) is 1. The van der Waals surface area contributed by atoms with Gasteiger partial charge in [-0.05, 0) is 18.3 Å². The Morgan fingerprint density at radius 3 is 2.79 bits per heavy atom. The number of amides is 1. The lowest BCUT2D eigenvalue weighted by Crippen LogP contribution is -2.43. The van der Waals surface area contributed by atoms with Crippen LogP contribution in [0.1, 0.15) is 39.5 Å². The molecule has 1 saturated carbocycles. The molecular weight excluding hydrogens is 198 g/mol. The van der Waals surface area contributed by atoms with Gasteiger partial charge in [-0.1, -0.05) is 26.7 Å². The molecule has 2 nitrogen and oxygen atoms in total. The van der Waals surface area contributed by atoms with E-state index in [2.05, 4.69) is 19.2 Å². The van der Waals surface area contributed by atoms with E-state index in [4.69, 9.17) is 11.6 Å². The normalized spacial score (nSPS) is 32.6. The van der Waals surface area contributed by atoms with Crippen LogP contribution in [0.5, 0.6) is 0 Å². The van der Waals surface area contributed by atoms with Crippen LogP contribution >= 0.6 is 11.6 Å². The predicted octanol–water partition coefficient (Wildman–Crippen LogP) is 2.56. The van der Waals surface area contributed by atoms with Gasteiger partial charge in [0, 0.05) is 18.3 Å². The number of halogens is 1. The molecule has 0 aromatic heterocycles. The van der Waals surface area contributed by atoms with Crippen molar-refractivity contribution in [2.24, 2.45) is 11.8 Å². The summed E-state index contributed by atoms with van der Waals surface area (Å²) in [6.45, 7) is 4.50. The third kappa shape index (κ3) is 3.16. The van der Waals surface area contributed by atoms with Crippen molar-refractivity contribution in [2.45, 2.75) is 45.6 Å². The van der Waals surface area contributed by atoms with Crippen molar-refractivity contribution in [2.75, 3.05) is 5.88 Å². The molecule has 3 atom stereocenters. The van der Waals surface area contributed by atoms with Crippen molar-refractivity contribution in [1.82, 2.24) is 5.32 Å². The maximum Gasteiger partial charge on any atom is 0.221 e. The SMILES string of the molecule is CC1CCCC(NC(=O)CCCl)C1C. The highest BCUT2D eigenvalue weighted by molar-refractivity contribution is 6.18. The van der Waals surface area contributed by atoms with Crippen LogP contribution in [0.2, 0.25) is 0 Å². The summed E-state index contributed by atoms with van der Waals surface area (Å²) in [7, 11) is 0. The number of alkyl halides is 1. The Bertz CT molecular complexity index is 196. The van der Waals surface area contributed by atoms with Gasteiger partial charge in [0.2, 0.25) is 5.91 Å². The summed E-state index contributed by atoms with van der Waals surface area (Å²) in [5.41, 5.74) is 0. The van der Waals surface area contributed by atoms with Crippen molar-refractivity contribution < 1.29 is 4.79 Å². The molecule has 82 valence electrons. The first-order chi connectivity index (χ1) is 6.65. The number of nitrogens with one attached hydrogen (secondary N) is 1. The molecule has 3 unspecified atom stereocenters. The number of rotatable bonds is 3. The smallest absolute Gasteiger partial charge is 0.221 e. The van der Waals surface area contributed by atoms with E-state index in [1.54, 1.807) is 0 Å². The summed E-state index contributed by atoms with van der Waals surface area (Å²) in [4.78, 5) is 11.4. The summed E-state index contributed by atoms with van der Waals surface area (Å²) in [6.07, 6.45) is 4.10. The molecule has 0 radical (unpaired) electrons. The van der Waals surface area contributed by atoms with Gasteiger partial charge in [0.05, 0.1) is 0 Å². The Hall–Kier alpha value is -0.240. The zero-order valence-corrected chi connectivity index (χ0v) is 9.81. The monoisotopic (exact) mass is 217 g/mol. The maximum absolute atomic E-state index is 11.4. The van der Waals surface area contributed by atoms with Gasteiger partial charge in [0.25, 0.3) is 0 Å². The van der Waals surface area contributed by atoms with Crippen molar-refractivity contribution in [3.05, 3.63) is 0 Å². The fraction of sp³-hybridized carbons (Fsp3) is 0.909. The number of hydrogen-bond acceptors (Lipinski definition) is 1. The van der Waals surface area contributed by atoms with Crippen LogP contribution in [-0.4, -0.2) is 17.8 Å². The summed E-state index contributed by atoms with van der Waals surface area (Å²) in [5.74, 6) is 1.85. The van der Waals surface area contributed by atoms with Crippen LogP contribution in [-0.2, 0) is 4.79 Å². The van der Waals surface area contributed by atoms with Crippen molar-refractivity contribution >= 4 is 17.5 Å². The fourth-order valence-corrected chi connectivity index (χ4v) is 2.32. The molecule has 0 aliphatic heterocycles. The van der Waals surface area contributed by atoms with Crippen LogP contribution in [0.4, 0.5) is 0 Å². The lowest BCUT2D eigenvalue weighted by molar-refractivity contribution is -0.122. The quantitative estimate of drug-likeness (QED) is 0.724. The zero-order valence-electron chi connectivity index (χ0n) is 9.05. The minimum absolute atomic E-state index is 0.103. The average molecular weight is 218 g/mol. The Labute approximate surface area is 91.4 Å². The lowest BCUT2D eigenvalue weighted by atomic mass is 9.78. The van der Waals surface area contributed by atoms with Crippen LogP contribution in [0.3, 0.4) is 0 Å². The molecule has 3 heteroatoms. The van der Waals surface area contributed by atoms with E-state index < -0.39 is 0 Å². The molecule has 0 bridgehead atoms. The van der Waals surface area contributed by atoms with Crippen molar-refractivity contribution in [3.63, 3.8) is 0 Å². The molecule has 1 aliphatic rings. The van der Waals surface area contributed by atoms with Gasteiger partial charge in [0.15, 0.2) is 0 Å². The lowest BCUT2D eigenvalue weighted by Gasteiger charge is -2.34. The average Bonchev–Trinajstić information content (AvgIpc) is 2.13. The van der Waals surface area contributed by atoms with Gasteiger partial charge in [-0.2, -0.15) is 0 Å². The topological polar surface area (TPSA) is 29.1 Å². The largest absolute Gasteiger partial charge is 0.353 e. The Morgan fingerprint density at radius 2 is 2.14 bits per heavy atom. The Balaban J connectivity index is 2.39. The maximum atomic E-state index is 11.4. The Morgan fingerprint density at radius 1 is 1.43 bits per heavy atom. The second kappa shape index (κ2) is 5.59. The van der Waals surface area contributed by atoms with Gasteiger partial charge < -0.3 is 5.32 Å². The summed E-state index contributed by atoms with van der Waals surface area (Å²) < 4.78 is 0. The fourth-order valence-electron chi connectivity index (χ4n) is 2.15. The van der Waals surface area contributed by atoms with E-state index in [-0.39, 0.29) is 5.91 Å². The van der Waals surface area contributed by atoms with Gasteiger partial charge in [-0.15, -0.1) is 11.6 Å². The minimum atomic E-state index is 0.103. The summed E-state index contributed by atoms with van der Waals surface area (Å²) >= 11 is 5.52. The third-order valence-electron chi connectivity index (χ3n) is 3.37. The molecule has 0 aromatic rings. The van der Waals surface area contributed by atoms with E-state index in [0.717, 1.165) is 12.3 Å². The van der Waals surface area contributed by atoms with Gasteiger partial charge in [0.1, 0.15) is 0 Å². The molecular formula is C11H20ClNO. The van der Waals surface area contributed by atoms with E-state index >= 15 is 0 Å². The molecule has 0 saturated heterocycles. The van der Waals surface area contributed by atoms with Crippen molar-refractivity contribution in [3.8, 4) is 0 Å². The highest BCUT2D eigenvalue weighted by Gasteiger charge is 2.27. The molecule has 1 fully saturated rings. The molecule has 1 amide bonds. The van der Waals surface area contributed by atoms with Crippen LogP contribution in [0, 0.1) is 11.8 Å². The third-order valence-corrected chi connectivity index (χ3v) is 3.56. The van der Waals surface area contributed by atoms with Crippen LogP contribution in [0.15, 0.2) is 0 Å². The summed E-state index contributed by atoms with van der Waals surface area (Å²) in [6, 6.07) is 0.370. The highest BCUT2D eigenvalue weighted by Crippen LogP contribution is 2.29. The van der Waals surface area contributed by atoms with Crippen molar-refractivity contribution in [1.29, 1.82) is 0 Å². The summed E-state index contributed by atoms with van der Waals surface area (Å²) in [5, 5.41) is 3.08. The van der Waals surface area contributed by atoms with Crippen LogP contribution < -0.4 is 5.32 Å². The standard InChI is InChI=1S/C11H20ClNO/c1-8-4-3-5-10(9(8)2)13-11(14)6-7-12/h8-10H,3-7H2,1-2H3,(H,13,14). The first-order valence-corrected chi connectivity index (χ1v) is 6.04. The second-order valence-corrected chi connectivity index (χ2v) is 4.76.